The van der Waals surface area contributed by atoms with Crippen LogP contribution in [0.1, 0.15) is 45.5 Å². The minimum Gasteiger partial charge on any atom is -0.351 e. The summed E-state index contributed by atoms with van der Waals surface area (Å²) < 4.78 is 40.7. The quantitative estimate of drug-likeness (QED) is 0.720. The molecule has 0 bridgehead atoms. The molecule has 34 heavy (non-hydrogen) atoms. The molecular formula is C26H30F3N3O2. The first-order valence-electron chi connectivity index (χ1n) is 11.8. The van der Waals surface area contributed by atoms with Gasteiger partial charge in [-0.25, -0.2) is 13.2 Å². The van der Waals surface area contributed by atoms with Gasteiger partial charge in [-0.15, -0.1) is 0 Å². The lowest BCUT2D eigenvalue weighted by molar-refractivity contribution is -0.138. The van der Waals surface area contributed by atoms with Crippen molar-refractivity contribution in [3.63, 3.8) is 0 Å². The van der Waals surface area contributed by atoms with Gasteiger partial charge in [-0.2, -0.15) is 0 Å². The highest BCUT2D eigenvalue weighted by Crippen LogP contribution is 2.26. The Hall–Kier alpha value is -2.87. The topological polar surface area (TPSA) is 52.7 Å². The summed E-state index contributed by atoms with van der Waals surface area (Å²) in [6, 6.07) is 5.39. The van der Waals surface area contributed by atoms with Gasteiger partial charge in [0.25, 0.3) is 5.91 Å². The van der Waals surface area contributed by atoms with Crippen molar-refractivity contribution in [3.8, 4) is 0 Å². The molecule has 4 rings (SSSR count). The van der Waals surface area contributed by atoms with Gasteiger partial charge in [-0.05, 0) is 61.9 Å². The summed E-state index contributed by atoms with van der Waals surface area (Å²) in [5.74, 6) is -4.40. The third-order valence-electron chi connectivity index (χ3n) is 6.94. The second-order valence-electron chi connectivity index (χ2n) is 9.36. The highest BCUT2D eigenvalue weighted by molar-refractivity contribution is 5.94. The standard InChI is InChI=1S/C26H30F3N3O2/c1-16-10-18-5-8-32(15-20(18)11-17(16)2)26(34)19-4-3-7-31(14-19)9-6-30-25(33)24-22(28)12-21(27)13-23(24)29/h10-13,19H,3-9,14-15H2,1-2H3,(H,30,33). The highest BCUT2D eigenvalue weighted by Gasteiger charge is 2.31. The number of hydrogen-bond acceptors (Lipinski definition) is 3. The van der Waals surface area contributed by atoms with Crippen LogP contribution < -0.4 is 5.32 Å². The summed E-state index contributed by atoms with van der Waals surface area (Å²) in [5, 5.41) is 2.50. The molecule has 2 aliphatic rings. The average Bonchev–Trinajstić information content (AvgIpc) is 2.78. The predicted molar refractivity (Wildman–Crippen MR) is 123 cm³/mol. The first-order valence-corrected chi connectivity index (χ1v) is 11.8. The van der Waals surface area contributed by atoms with Crippen molar-refractivity contribution in [2.75, 3.05) is 32.7 Å². The van der Waals surface area contributed by atoms with Crippen molar-refractivity contribution in [1.82, 2.24) is 15.1 Å². The zero-order valence-electron chi connectivity index (χ0n) is 19.6. The Balaban J connectivity index is 1.30. The molecule has 2 aromatic rings. The number of likely N-dealkylation sites (tertiary alicyclic amines) is 1. The highest BCUT2D eigenvalue weighted by atomic mass is 19.1. The smallest absolute Gasteiger partial charge is 0.257 e. The van der Waals surface area contributed by atoms with Gasteiger partial charge in [-0.3, -0.25) is 9.59 Å². The van der Waals surface area contributed by atoms with Crippen molar-refractivity contribution in [3.05, 3.63) is 69.5 Å². The minimum atomic E-state index is -1.23. The maximum atomic E-state index is 13.8. The van der Waals surface area contributed by atoms with Crippen LogP contribution in [-0.2, 0) is 17.8 Å². The van der Waals surface area contributed by atoms with Gasteiger partial charge in [0.2, 0.25) is 5.91 Å². The number of amides is 2. The molecule has 2 aliphatic heterocycles. The number of benzene rings is 2. The van der Waals surface area contributed by atoms with Crippen molar-refractivity contribution in [2.24, 2.45) is 5.92 Å². The third-order valence-corrected chi connectivity index (χ3v) is 6.94. The van der Waals surface area contributed by atoms with Crippen molar-refractivity contribution >= 4 is 11.8 Å². The zero-order chi connectivity index (χ0) is 24.4. The lowest BCUT2D eigenvalue weighted by atomic mass is 9.92. The SMILES string of the molecule is Cc1cc2c(cc1C)CN(C(=O)C1CCCN(CCNC(=O)c3c(F)cc(F)cc3F)C1)CC2. The van der Waals surface area contributed by atoms with Crippen LogP contribution in [0, 0.1) is 37.2 Å². The largest absolute Gasteiger partial charge is 0.351 e. The van der Waals surface area contributed by atoms with Gasteiger partial charge in [0.05, 0.1) is 5.92 Å². The molecule has 2 heterocycles. The summed E-state index contributed by atoms with van der Waals surface area (Å²) >= 11 is 0. The number of carbonyl (C=O) groups excluding carboxylic acids is 2. The molecule has 1 N–H and O–H groups in total. The van der Waals surface area contributed by atoms with E-state index in [1.54, 1.807) is 0 Å². The fourth-order valence-electron chi connectivity index (χ4n) is 4.94. The molecule has 2 amide bonds. The Labute approximate surface area is 197 Å². The second-order valence-corrected chi connectivity index (χ2v) is 9.36. The van der Waals surface area contributed by atoms with Crippen LogP contribution in [0.15, 0.2) is 24.3 Å². The molecule has 0 aromatic heterocycles. The number of nitrogens with one attached hydrogen (secondary N) is 1. The number of halogens is 3. The molecule has 5 nitrogen and oxygen atoms in total. The number of fused-ring (bicyclic) bond motifs is 1. The molecule has 0 aliphatic carbocycles. The number of hydrogen-bond donors (Lipinski definition) is 1. The van der Waals surface area contributed by atoms with E-state index in [9.17, 15) is 22.8 Å². The maximum absolute atomic E-state index is 13.8. The molecule has 2 aromatic carbocycles. The third kappa shape index (κ3) is 5.27. The summed E-state index contributed by atoms with van der Waals surface area (Å²) in [7, 11) is 0. The number of piperidine rings is 1. The van der Waals surface area contributed by atoms with Crippen molar-refractivity contribution in [1.29, 1.82) is 0 Å². The number of carbonyl (C=O) groups is 2. The summed E-state index contributed by atoms with van der Waals surface area (Å²) in [6.45, 7) is 7.57. The fraction of sp³-hybridized carbons (Fsp3) is 0.462. The van der Waals surface area contributed by atoms with E-state index < -0.39 is 28.9 Å². The van der Waals surface area contributed by atoms with E-state index >= 15 is 0 Å². The molecule has 1 fully saturated rings. The molecule has 0 saturated carbocycles. The van der Waals surface area contributed by atoms with E-state index in [1.807, 2.05) is 4.90 Å². The van der Waals surface area contributed by atoms with E-state index in [0.717, 1.165) is 32.4 Å². The van der Waals surface area contributed by atoms with Crippen LogP contribution in [0.3, 0.4) is 0 Å². The molecule has 8 heteroatoms. The average molecular weight is 474 g/mol. The van der Waals surface area contributed by atoms with E-state index in [-0.39, 0.29) is 18.4 Å². The maximum Gasteiger partial charge on any atom is 0.257 e. The van der Waals surface area contributed by atoms with E-state index in [4.69, 9.17) is 0 Å². The molecule has 1 atom stereocenters. The number of aryl methyl sites for hydroxylation is 2. The molecular weight excluding hydrogens is 443 g/mol. The second kappa shape index (κ2) is 10.2. The van der Waals surface area contributed by atoms with E-state index in [1.165, 1.54) is 22.3 Å². The Morgan fingerprint density at radius 3 is 2.38 bits per heavy atom. The summed E-state index contributed by atoms with van der Waals surface area (Å²) in [4.78, 5) is 29.5. The Morgan fingerprint density at radius 2 is 1.68 bits per heavy atom. The van der Waals surface area contributed by atoms with Crippen LogP contribution in [0.2, 0.25) is 0 Å². The normalized spacial score (nSPS) is 18.5. The number of rotatable bonds is 5. The van der Waals surface area contributed by atoms with E-state index in [0.29, 0.717) is 31.8 Å². The van der Waals surface area contributed by atoms with Crippen LogP contribution in [0.5, 0.6) is 0 Å². The monoisotopic (exact) mass is 473 g/mol. The first-order chi connectivity index (χ1) is 16.2. The predicted octanol–water partition coefficient (Wildman–Crippen LogP) is 3.75. The van der Waals surface area contributed by atoms with Crippen molar-refractivity contribution in [2.45, 2.75) is 39.7 Å². The Bertz CT molecular complexity index is 1080. The fourth-order valence-corrected chi connectivity index (χ4v) is 4.94. The summed E-state index contributed by atoms with van der Waals surface area (Å²) in [6.07, 6.45) is 2.56. The van der Waals surface area contributed by atoms with Gasteiger partial charge in [0, 0.05) is 44.9 Å². The molecule has 1 saturated heterocycles. The number of nitrogens with zero attached hydrogens (tertiary/aromatic N) is 2. The molecule has 0 spiro atoms. The van der Waals surface area contributed by atoms with Crippen LogP contribution in [0.4, 0.5) is 13.2 Å². The lowest BCUT2D eigenvalue weighted by Crippen LogP contribution is -2.47. The van der Waals surface area contributed by atoms with Gasteiger partial charge in [-0.1, -0.05) is 12.1 Å². The zero-order valence-corrected chi connectivity index (χ0v) is 19.6. The molecule has 182 valence electrons. The van der Waals surface area contributed by atoms with E-state index in [2.05, 4.69) is 36.2 Å². The van der Waals surface area contributed by atoms with Crippen LogP contribution >= 0.6 is 0 Å². The van der Waals surface area contributed by atoms with Gasteiger partial charge in [0.15, 0.2) is 0 Å². The Morgan fingerprint density at radius 1 is 1.00 bits per heavy atom. The lowest BCUT2D eigenvalue weighted by Gasteiger charge is -2.37. The van der Waals surface area contributed by atoms with Gasteiger partial charge >= 0.3 is 0 Å². The van der Waals surface area contributed by atoms with Gasteiger partial charge in [0.1, 0.15) is 23.0 Å². The Kier molecular flexibility index (Phi) is 7.26. The van der Waals surface area contributed by atoms with Crippen molar-refractivity contribution < 1.29 is 22.8 Å². The first kappa shape index (κ1) is 24.3. The molecule has 0 radical (unpaired) electrons. The minimum absolute atomic E-state index is 0.107. The van der Waals surface area contributed by atoms with Crippen LogP contribution in [0.25, 0.3) is 0 Å². The van der Waals surface area contributed by atoms with Gasteiger partial charge < -0.3 is 15.1 Å². The molecule has 1 unspecified atom stereocenters. The van der Waals surface area contributed by atoms with Crippen LogP contribution in [-0.4, -0.2) is 54.3 Å². The summed E-state index contributed by atoms with van der Waals surface area (Å²) in [5.41, 5.74) is 4.27.